The number of furan rings is 1. The lowest BCUT2D eigenvalue weighted by molar-refractivity contribution is -0.384. The number of aromatic carboxylic acids is 1. The maximum atomic E-state index is 11.7. The SMILES string of the molecule is Cc1cccc2c(C(=O)O)cc(/C=C/c3ccc(-c4ccc([N+](=O)[O-])cc4Cl)o3)nc12. The Bertz CT molecular complexity index is 1370. The number of aromatic nitrogens is 1. The summed E-state index contributed by atoms with van der Waals surface area (Å²) < 4.78 is 5.78. The molecule has 2 aromatic carbocycles. The number of para-hydroxylation sites is 1. The highest BCUT2D eigenvalue weighted by atomic mass is 35.5. The lowest BCUT2D eigenvalue weighted by Gasteiger charge is -2.06. The third-order valence-electron chi connectivity index (χ3n) is 4.77. The number of aryl methyl sites for hydroxylation is 1. The van der Waals surface area contributed by atoms with Crippen LogP contribution in [0.5, 0.6) is 0 Å². The molecule has 8 heteroatoms. The van der Waals surface area contributed by atoms with Gasteiger partial charge in [-0.2, -0.15) is 0 Å². The first kappa shape index (κ1) is 20.3. The van der Waals surface area contributed by atoms with Crippen LogP contribution >= 0.6 is 11.6 Å². The molecule has 2 heterocycles. The van der Waals surface area contributed by atoms with Crippen LogP contribution in [0.4, 0.5) is 5.69 Å². The Hall–Kier alpha value is -3.97. The molecule has 2 aromatic heterocycles. The first-order valence-electron chi connectivity index (χ1n) is 9.19. The number of hydrogen-bond donors (Lipinski definition) is 1. The molecule has 0 radical (unpaired) electrons. The molecule has 4 aromatic rings. The van der Waals surface area contributed by atoms with Gasteiger partial charge in [-0.1, -0.05) is 29.8 Å². The van der Waals surface area contributed by atoms with E-state index in [1.165, 1.54) is 24.3 Å². The van der Waals surface area contributed by atoms with Gasteiger partial charge in [0, 0.05) is 23.1 Å². The van der Waals surface area contributed by atoms with Gasteiger partial charge in [-0.15, -0.1) is 0 Å². The number of halogens is 1. The lowest BCUT2D eigenvalue weighted by atomic mass is 10.0. The van der Waals surface area contributed by atoms with E-state index >= 15 is 0 Å². The summed E-state index contributed by atoms with van der Waals surface area (Å²) in [6.45, 7) is 1.88. The van der Waals surface area contributed by atoms with E-state index < -0.39 is 10.9 Å². The predicted molar refractivity (Wildman–Crippen MR) is 118 cm³/mol. The molecule has 0 saturated heterocycles. The minimum Gasteiger partial charge on any atom is -0.478 e. The Labute approximate surface area is 181 Å². The normalized spacial score (nSPS) is 11.3. The minimum absolute atomic E-state index is 0.104. The van der Waals surface area contributed by atoms with Gasteiger partial charge in [0.1, 0.15) is 11.5 Å². The van der Waals surface area contributed by atoms with Crippen LogP contribution in [0.3, 0.4) is 0 Å². The fourth-order valence-electron chi connectivity index (χ4n) is 3.25. The van der Waals surface area contributed by atoms with Crippen molar-refractivity contribution in [2.45, 2.75) is 6.92 Å². The number of benzene rings is 2. The maximum Gasteiger partial charge on any atom is 0.336 e. The second-order valence-electron chi connectivity index (χ2n) is 6.83. The van der Waals surface area contributed by atoms with Crippen molar-refractivity contribution in [3.8, 4) is 11.3 Å². The van der Waals surface area contributed by atoms with Gasteiger partial charge in [0.15, 0.2) is 0 Å². The number of carboxylic acids is 1. The highest BCUT2D eigenvalue weighted by molar-refractivity contribution is 6.33. The molecule has 0 spiro atoms. The number of nitro benzene ring substituents is 1. The largest absolute Gasteiger partial charge is 0.478 e. The molecule has 0 atom stereocenters. The van der Waals surface area contributed by atoms with E-state index in [0.29, 0.717) is 33.7 Å². The number of pyridine rings is 1. The average molecular weight is 435 g/mol. The highest BCUT2D eigenvalue weighted by Crippen LogP contribution is 2.32. The zero-order valence-electron chi connectivity index (χ0n) is 16.2. The van der Waals surface area contributed by atoms with Crippen LogP contribution in [0.1, 0.15) is 27.4 Å². The lowest BCUT2D eigenvalue weighted by Crippen LogP contribution is -2.01. The van der Waals surface area contributed by atoms with E-state index in [2.05, 4.69) is 4.98 Å². The number of non-ortho nitro benzene ring substituents is 1. The summed E-state index contributed by atoms with van der Waals surface area (Å²) in [6.07, 6.45) is 3.33. The first-order valence-corrected chi connectivity index (χ1v) is 9.57. The van der Waals surface area contributed by atoms with Crippen molar-refractivity contribution in [1.29, 1.82) is 0 Å². The summed E-state index contributed by atoms with van der Waals surface area (Å²) in [7, 11) is 0. The number of rotatable bonds is 5. The molecular weight excluding hydrogens is 420 g/mol. The molecule has 0 fully saturated rings. The van der Waals surface area contributed by atoms with E-state index in [4.69, 9.17) is 16.0 Å². The third-order valence-corrected chi connectivity index (χ3v) is 5.08. The van der Waals surface area contributed by atoms with Gasteiger partial charge in [0.25, 0.3) is 5.69 Å². The van der Waals surface area contributed by atoms with E-state index in [9.17, 15) is 20.0 Å². The number of carboxylic acid groups (broad SMARTS) is 1. The molecule has 0 aliphatic carbocycles. The molecule has 154 valence electrons. The number of hydrogen-bond acceptors (Lipinski definition) is 5. The van der Waals surface area contributed by atoms with Crippen LogP contribution in [0, 0.1) is 17.0 Å². The third kappa shape index (κ3) is 4.04. The molecule has 0 aliphatic rings. The van der Waals surface area contributed by atoms with Crippen molar-refractivity contribution >= 4 is 46.3 Å². The quantitative estimate of drug-likeness (QED) is 0.294. The summed E-state index contributed by atoms with van der Waals surface area (Å²) in [5.74, 6) is -0.0817. The Morgan fingerprint density at radius 1 is 1.16 bits per heavy atom. The second kappa shape index (κ2) is 8.04. The Balaban J connectivity index is 1.67. The molecule has 7 nitrogen and oxygen atoms in total. The van der Waals surface area contributed by atoms with Crippen molar-refractivity contribution < 1.29 is 19.2 Å². The molecule has 0 amide bonds. The van der Waals surface area contributed by atoms with Gasteiger partial charge in [0.05, 0.1) is 26.7 Å². The van der Waals surface area contributed by atoms with Crippen molar-refractivity contribution in [3.05, 3.63) is 92.3 Å². The van der Waals surface area contributed by atoms with Gasteiger partial charge in [-0.05, 0) is 48.9 Å². The standard InChI is InChI=1S/C23H15ClN2O5/c1-13-3-2-4-17-19(23(27)28)11-14(25-22(13)17)5-7-16-8-10-21(31-16)18-9-6-15(26(29)30)12-20(18)24/h2-12H,1H3,(H,27,28)/b7-5+. The van der Waals surface area contributed by atoms with E-state index in [0.717, 1.165) is 5.56 Å². The van der Waals surface area contributed by atoms with Crippen LogP contribution < -0.4 is 0 Å². The van der Waals surface area contributed by atoms with Crippen molar-refractivity contribution in [2.24, 2.45) is 0 Å². The first-order chi connectivity index (χ1) is 14.8. The Morgan fingerprint density at radius 3 is 2.68 bits per heavy atom. The monoisotopic (exact) mass is 434 g/mol. The summed E-state index contributed by atoms with van der Waals surface area (Å²) >= 11 is 6.16. The van der Waals surface area contributed by atoms with Gasteiger partial charge in [0.2, 0.25) is 0 Å². The highest BCUT2D eigenvalue weighted by Gasteiger charge is 2.14. The summed E-state index contributed by atoms with van der Waals surface area (Å²) in [4.78, 5) is 26.6. The van der Waals surface area contributed by atoms with Crippen molar-refractivity contribution in [2.75, 3.05) is 0 Å². The second-order valence-corrected chi connectivity index (χ2v) is 7.23. The molecule has 0 bridgehead atoms. The zero-order chi connectivity index (χ0) is 22.1. The van der Waals surface area contributed by atoms with Crippen LogP contribution in [0.15, 0.2) is 59.0 Å². The van der Waals surface area contributed by atoms with Crippen molar-refractivity contribution in [3.63, 3.8) is 0 Å². The van der Waals surface area contributed by atoms with Crippen LogP contribution in [-0.4, -0.2) is 21.0 Å². The minimum atomic E-state index is -1.03. The molecule has 31 heavy (non-hydrogen) atoms. The predicted octanol–water partition coefficient (Wildman–Crippen LogP) is 6.23. The molecule has 0 unspecified atom stereocenters. The molecule has 0 saturated carbocycles. The smallest absolute Gasteiger partial charge is 0.336 e. The number of fused-ring (bicyclic) bond motifs is 1. The zero-order valence-corrected chi connectivity index (χ0v) is 17.0. The molecular formula is C23H15ClN2O5. The molecule has 4 rings (SSSR count). The number of carbonyl (C=O) groups is 1. The Morgan fingerprint density at radius 2 is 1.97 bits per heavy atom. The summed E-state index contributed by atoms with van der Waals surface area (Å²) in [6, 6.07) is 14.5. The number of nitrogens with zero attached hydrogens (tertiary/aromatic N) is 2. The summed E-state index contributed by atoms with van der Waals surface area (Å²) in [5, 5.41) is 21.2. The fourth-order valence-corrected chi connectivity index (χ4v) is 3.51. The Kier molecular flexibility index (Phi) is 5.27. The van der Waals surface area contributed by atoms with Gasteiger partial charge in [-0.25, -0.2) is 9.78 Å². The molecule has 0 aliphatic heterocycles. The van der Waals surface area contributed by atoms with E-state index in [1.54, 1.807) is 36.4 Å². The van der Waals surface area contributed by atoms with Gasteiger partial charge >= 0.3 is 5.97 Å². The number of nitro groups is 1. The molecule has 1 N–H and O–H groups in total. The fraction of sp³-hybridized carbons (Fsp3) is 0.0435. The van der Waals surface area contributed by atoms with Gasteiger partial charge < -0.3 is 9.52 Å². The van der Waals surface area contributed by atoms with E-state index in [1.807, 2.05) is 13.0 Å². The van der Waals surface area contributed by atoms with Crippen LogP contribution in [0.2, 0.25) is 5.02 Å². The van der Waals surface area contributed by atoms with Crippen LogP contribution in [0.25, 0.3) is 34.4 Å². The maximum absolute atomic E-state index is 11.7. The van der Waals surface area contributed by atoms with Crippen molar-refractivity contribution in [1.82, 2.24) is 4.98 Å². The summed E-state index contributed by atoms with van der Waals surface area (Å²) in [5.41, 5.74) is 2.58. The average Bonchev–Trinajstić information content (AvgIpc) is 3.20. The topological polar surface area (TPSA) is 106 Å². The van der Waals surface area contributed by atoms with Crippen LogP contribution in [-0.2, 0) is 0 Å². The van der Waals surface area contributed by atoms with Gasteiger partial charge in [-0.3, -0.25) is 10.1 Å². The van der Waals surface area contributed by atoms with E-state index in [-0.39, 0.29) is 16.3 Å².